The highest BCUT2D eigenvalue weighted by Crippen LogP contribution is 2.37. The number of hydrogen-bond acceptors (Lipinski definition) is 4. The summed E-state index contributed by atoms with van der Waals surface area (Å²) in [6, 6.07) is 0. The number of tetrazole rings is 1. The van der Waals surface area contributed by atoms with Gasteiger partial charge in [-0.25, -0.2) is 0 Å². The molecule has 0 aromatic carbocycles. The number of hydrogen-bond donors (Lipinski definition) is 1. The van der Waals surface area contributed by atoms with E-state index in [0.717, 1.165) is 18.7 Å². The quantitative estimate of drug-likeness (QED) is 0.809. The molecule has 2 N–H and O–H groups in total. The van der Waals surface area contributed by atoms with Crippen LogP contribution in [0.2, 0.25) is 0 Å². The monoisotopic (exact) mass is 223 g/mol. The lowest BCUT2D eigenvalue weighted by molar-refractivity contribution is 0.141. The zero-order chi connectivity index (χ0) is 11.8. The van der Waals surface area contributed by atoms with Crippen molar-refractivity contribution in [1.29, 1.82) is 0 Å². The third-order valence-electron chi connectivity index (χ3n) is 4.10. The molecule has 1 aliphatic rings. The first-order valence-electron chi connectivity index (χ1n) is 6.03. The van der Waals surface area contributed by atoms with E-state index in [-0.39, 0.29) is 5.54 Å². The molecule has 90 valence electrons. The summed E-state index contributed by atoms with van der Waals surface area (Å²) in [5, 5.41) is 12.1. The van der Waals surface area contributed by atoms with Crippen molar-refractivity contribution in [3.63, 3.8) is 0 Å². The number of aryl methyl sites for hydroxylation is 1. The average molecular weight is 223 g/mol. The molecule has 0 saturated heterocycles. The topological polar surface area (TPSA) is 69.6 Å². The second kappa shape index (κ2) is 4.13. The van der Waals surface area contributed by atoms with Crippen LogP contribution in [-0.2, 0) is 13.5 Å². The second-order valence-corrected chi connectivity index (χ2v) is 5.26. The first kappa shape index (κ1) is 11.5. The summed E-state index contributed by atoms with van der Waals surface area (Å²) in [6.07, 6.45) is 4.30. The lowest BCUT2D eigenvalue weighted by Gasteiger charge is -2.42. The fraction of sp³-hybridized carbons (Fsp3) is 0.909. The van der Waals surface area contributed by atoms with Gasteiger partial charge in [-0.2, -0.15) is 4.80 Å². The van der Waals surface area contributed by atoms with Crippen molar-refractivity contribution in [2.24, 2.45) is 24.6 Å². The summed E-state index contributed by atoms with van der Waals surface area (Å²) >= 11 is 0. The lowest BCUT2D eigenvalue weighted by Crippen LogP contribution is -2.52. The lowest BCUT2D eigenvalue weighted by atomic mass is 9.67. The Balaban J connectivity index is 2.12. The van der Waals surface area contributed by atoms with E-state index in [2.05, 4.69) is 29.3 Å². The summed E-state index contributed by atoms with van der Waals surface area (Å²) < 4.78 is 0. The maximum absolute atomic E-state index is 6.52. The maximum atomic E-state index is 6.52. The first-order valence-corrected chi connectivity index (χ1v) is 6.03. The predicted octanol–water partition coefficient (Wildman–Crippen LogP) is 0.906. The van der Waals surface area contributed by atoms with Gasteiger partial charge in [0, 0.05) is 12.0 Å². The minimum Gasteiger partial charge on any atom is -0.324 e. The minimum absolute atomic E-state index is 0.152. The van der Waals surface area contributed by atoms with Gasteiger partial charge in [-0.05, 0) is 23.5 Å². The van der Waals surface area contributed by atoms with Gasteiger partial charge in [-0.15, -0.1) is 10.2 Å². The van der Waals surface area contributed by atoms with Gasteiger partial charge in [0.25, 0.3) is 0 Å². The smallest absolute Gasteiger partial charge is 0.176 e. The Kier molecular flexibility index (Phi) is 2.97. The fourth-order valence-corrected chi connectivity index (χ4v) is 2.74. The van der Waals surface area contributed by atoms with E-state index in [9.17, 15) is 0 Å². The molecule has 1 saturated carbocycles. The highest BCUT2D eigenvalue weighted by Gasteiger charge is 2.39. The molecule has 0 amide bonds. The average Bonchev–Trinajstić information content (AvgIpc) is 2.60. The van der Waals surface area contributed by atoms with Gasteiger partial charge < -0.3 is 5.73 Å². The molecule has 1 aliphatic carbocycles. The van der Waals surface area contributed by atoms with Gasteiger partial charge in [-0.3, -0.25) is 0 Å². The number of rotatable bonds is 2. The van der Waals surface area contributed by atoms with Gasteiger partial charge in [0.1, 0.15) is 0 Å². The van der Waals surface area contributed by atoms with E-state index in [1.807, 2.05) is 0 Å². The van der Waals surface area contributed by atoms with Crippen molar-refractivity contribution < 1.29 is 0 Å². The summed E-state index contributed by atoms with van der Waals surface area (Å²) in [7, 11) is 1.78. The van der Waals surface area contributed by atoms with Crippen molar-refractivity contribution in [3.05, 3.63) is 5.82 Å². The van der Waals surface area contributed by atoms with Crippen molar-refractivity contribution in [1.82, 2.24) is 20.2 Å². The molecular weight excluding hydrogens is 202 g/mol. The zero-order valence-corrected chi connectivity index (χ0v) is 10.3. The molecule has 2 rings (SSSR count). The van der Waals surface area contributed by atoms with E-state index < -0.39 is 0 Å². The van der Waals surface area contributed by atoms with E-state index in [4.69, 9.17) is 5.73 Å². The molecule has 5 nitrogen and oxygen atoms in total. The third kappa shape index (κ3) is 2.09. The van der Waals surface area contributed by atoms with Crippen LogP contribution < -0.4 is 5.73 Å². The highest BCUT2D eigenvalue weighted by atomic mass is 15.6. The fourth-order valence-electron chi connectivity index (χ4n) is 2.74. The van der Waals surface area contributed by atoms with Crippen LogP contribution in [0.25, 0.3) is 0 Å². The van der Waals surface area contributed by atoms with Crippen LogP contribution in [0, 0.1) is 11.8 Å². The number of nitrogens with two attached hydrogens (primary N) is 1. The largest absolute Gasteiger partial charge is 0.324 e. The Morgan fingerprint density at radius 2 is 2.25 bits per heavy atom. The standard InChI is InChI=1S/C11H21N5/c1-8-5-4-6-11(12,9(8)2)7-10-13-15-16(3)14-10/h8-9H,4-7,12H2,1-3H3. The van der Waals surface area contributed by atoms with Gasteiger partial charge in [0.05, 0.1) is 7.05 Å². The van der Waals surface area contributed by atoms with E-state index in [1.54, 1.807) is 7.05 Å². The summed E-state index contributed by atoms with van der Waals surface area (Å²) in [5.41, 5.74) is 6.37. The molecule has 1 aromatic heterocycles. The van der Waals surface area contributed by atoms with Crippen LogP contribution in [0.4, 0.5) is 0 Å². The van der Waals surface area contributed by atoms with Gasteiger partial charge >= 0.3 is 0 Å². The Labute approximate surface area is 96.4 Å². The summed E-state index contributed by atoms with van der Waals surface area (Å²) in [6.45, 7) is 4.54. The van der Waals surface area contributed by atoms with Crippen molar-refractivity contribution in [2.75, 3.05) is 0 Å². The minimum atomic E-state index is -0.152. The van der Waals surface area contributed by atoms with Gasteiger partial charge in [0.15, 0.2) is 5.82 Å². The predicted molar refractivity (Wildman–Crippen MR) is 61.6 cm³/mol. The Morgan fingerprint density at radius 3 is 2.88 bits per heavy atom. The Morgan fingerprint density at radius 1 is 1.50 bits per heavy atom. The van der Waals surface area contributed by atoms with Crippen LogP contribution in [-0.4, -0.2) is 25.7 Å². The van der Waals surface area contributed by atoms with Crippen LogP contribution in [0.5, 0.6) is 0 Å². The van der Waals surface area contributed by atoms with E-state index >= 15 is 0 Å². The van der Waals surface area contributed by atoms with Crippen molar-refractivity contribution in [3.8, 4) is 0 Å². The number of nitrogens with zero attached hydrogens (tertiary/aromatic N) is 4. The molecule has 3 unspecified atom stereocenters. The second-order valence-electron chi connectivity index (χ2n) is 5.26. The molecule has 1 aromatic rings. The molecule has 1 fully saturated rings. The van der Waals surface area contributed by atoms with Crippen molar-refractivity contribution >= 4 is 0 Å². The Bertz CT molecular complexity index is 361. The molecule has 5 heteroatoms. The highest BCUT2D eigenvalue weighted by molar-refractivity contribution is 5.01. The molecular formula is C11H21N5. The molecule has 0 radical (unpaired) electrons. The number of aromatic nitrogens is 4. The molecule has 0 spiro atoms. The summed E-state index contributed by atoms with van der Waals surface area (Å²) in [5.74, 6) is 1.98. The van der Waals surface area contributed by atoms with E-state index in [0.29, 0.717) is 11.8 Å². The molecule has 0 aliphatic heterocycles. The van der Waals surface area contributed by atoms with Crippen LogP contribution >= 0.6 is 0 Å². The van der Waals surface area contributed by atoms with E-state index in [1.165, 1.54) is 17.6 Å². The normalized spacial score (nSPS) is 35.2. The van der Waals surface area contributed by atoms with Gasteiger partial charge in [0.2, 0.25) is 0 Å². The first-order chi connectivity index (χ1) is 7.51. The Hall–Kier alpha value is -0.970. The van der Waals surface area contributed by atoms with Crippen LogP contribution in [0.3, 0.4) is 0 Å². The molecule has 0 bridgehead atoms. The van der Waals surface area contributed by atoms with Crippen LogP contribution in [0.1, 0.15) is 38.9 Å². The molecule has 1 heterocycles. The third-order valence-corrected chi connectivity index (χ3v) is 4.10. The maximum Gasteiger partial charge on any atom is 0.176 e. The zero-order valence-electron chi connectivity index (χ0n) is 10.3. The van der Waals surface area contributed by atoms with Crippen molar-refractivity contribution in [2.45, 2.75) is 45.1 Å². The molecule has 3 atom stereocenters. The van der Waals surface area contributed by atoms with Gasteiger partial charge in [-0.1, -0.05) is 26.7 Å². The summed E-state index contributed by atoms with van der Waals surface area (Å²) in [4.78, 5) is 1.50. The SMILES string of the molecule is CC1CCCC(N)(Cc2nnn(C)n2)C1C. The molecule has 16 heavy (non-hydrogen) atoms. The van der Waals surface area contributed by atoms with Crippen LogP contribution in [0.15, 0.2) is 0 Å².